The first-order valence-electron chi connectivity index (χ1n) is 13.4. The minimum Gasteiger partial charge on any atom is -0.340 e. The third-order valence-electron chi connectivity index (χ3n) is 7.37. The summed E-state index contributed by atoms with van der Waals surface area (Å²) in [6.45, 7) is 12.6. The Bertz CT molecular complexity index is 1070. The summed E-state index contributed by atoms with van der Waals surface area (Å²) in [4.78, 5) is 16.8. The van der Waals surface area contributed by atoms with Crippen LogP contribution in [0.4, 0.5) is 0 Å². The van der Waals surface area contributed by atoms with Crippen molar-refractivity contribution < 1.29 is 21.6 Å². The molecule has 0 aliphatic carbocycles. The van der Waals surface area contributed by atoms with Crippen molar-refractivity contribution in [3.05, 3.63) is 29.8 Å². The van der Waals surface area contributed by atoms with Crippen molar-refractivity contribution in [1.29, 1.82) is 0 Å². The van der Waals surface area contributed by atoms with E-state index in [0.29, 0.717) is 31.1 Å². The van der Waals surface area contributed by atoms with Crippen molar-refractivity contribution >= 4 is 25.8 Å². The summed E-state index contributed by atoms with van der Waals surface area (Å²) in [5, 5.41) is 3.63. The number of unbranched alkanes of at least 4 members (excludes halogenated alkanes) is 1. The molecule has 0 saturated carbocycles. The molecule has 0 bridgehead atoms. The fraction of sp³-hybridized carbons (Fsp3) is 0.731. The van der Waals surface area contributed by atoms with E-state index in [1.54, 1.807) is 17.0 Å². The van der Waals surface area contributed by atoms with Crippen molar-refractivity contribution in [2.45, 2.75) is 63.8 Å². The van der Waals surface area contributed by atoms with E-state index in [-0.39, 0.29) is 23.7 Å². The van der Waals surface area contributed by atoms with Gasteiger partial charge in [0.2, 0.25) is 15.9 Å². The lowest BCUT2D eigenvalue weighted by Crippen LogP contribution is -2.53. The maximum atomic E-state index is 12.7. The van der Waals surface area contributed by atoms with E-state index in [1.807, 2.05) is 26.0 Å². The van der Waals surface area contributed by atoms with E-state index < -0.39 is 19.9 Å². The highest BCUT2D eigenvalue weighted by Crippen LogP contribution is 2.19. The Balaban J connectivity index is 1.75. The summed E-state index contributed by atoms with van der Waals surface area (Å²) in [7, 11) is -6.63. The van der Waals surface area contributed by atoms with Crippen molar-refractivity contribution in [1.82, 2.24) is 19.4 Å². The fourth-order valence-corrected chi connectivity index (χ4v) is 6.55. The number of benzene rings is 1. The van der Waals surface area contributed by atoms with Gasteiger partial charge in [0.05, 0.1) is 17.2 Å². The molecule has 9 nitrogen and oxygen atoms in total. The number of hydrogen-bond acceptors (Lipinski definition) is 7. The summed E-state index contributed by atoms with van der Waals surface area (Å²) >= 11 is 0. The van der Waals surface area contributed by atoms with Crippen LogP contribution in [0.5, 0.6) is 0 Å². The van der Waals surface area contributed by atoms with Crippen LogP contribution >= 0.6 is 0 Å². The lowest BCUT2D eigenvalue weighted by atomic mass is 9.90. The van der Waals surface area contributed by atoms with Crippen LogP contribution in [-0.4, -0.2) is 107 Å². The Labute approximate surface area is 224 Å². The van der Waals surface area contributed by atoms with Gasteiger partial charge >= 0.3 is 0 Å². The largest absolute Gasteiger partial charge is 0.340 e. The average molecular weight is 559 g/mol. The van der Waals surface area contributed by atoms with Gasteiger partial charge < -0.3 is 15.1 Å². The number of carbonyl (C=O) groups is 1. The first-order valence-corrected chi connectivity index (χ1v) is 16.9. The van der Waals surface area contributed by atoms with Crippen LogP contribution in [0.3, 0.4) is 0 Å². The molecule has 37 heavy (non-hydrogen) atoms. The number of sulfone groups is 1. The standard InChI is InChI=1S/C26H46N4O5S2/c1-6-26(4,21-23-11-13-24(14-12-23)36(5,32)33)27-15-9-10-16-29-17-18-30(22-25(29)31)37(34,35)20-19-28(7-2)8-3/h11-14,27H,6-10,15-22H2,1-5H3. The number of hydrogen-bond donors (Lipinski definition) is 1. The maximum Gasteiger partial charge on any atom is 0.237 e. The van der Waals surface area contributed by atoms with Crippen LogP contribution < -0.4 is 5.32 Å². The molecule has 1 aromatic carbocycles. The van der Waals surface area contributed by atoms with E-state index in [0.717, 1.165) is 50.9 Å². The van der Waals surface area contributed by atoms with Crippen LogP contribution in [-0.2, 0) is 31.1 Å². The molecule has 212 valence electrons. The molecule has 1 aromatic rings. The highest BCUT2D eigenvalue weighted by Gasteiger charge is 2.31. The van der Waals surface area contributed by atoms with Crippen molar-refractivity contribution in [3.8, 4) is 0 Å². The number of carbonyl (C=O) groups excluding carboxylic acids is 1. The van der Waals surface area contributed by atoms with E-state index in [2.05, 4.69) is 24.1 Å². The van der Waals surface area contributed by atoms with Gasteiger partial charge in [-0.05, 0) is 69.9 Å². The Morgan fingerprint density at radius 2 is 1.65 bits per heavy atom. The second-order valence-corrected chi connectivity index (χ2v) is 14.3. The average Bonchev–Trinajstić information content (AvgIpc) is 2.85. The van der Waals surface area contributed by atoms with Gasteiger partial charge in [-0.2, -0.15) is 4.31 Å². The maximum absolute atomic E-state index is 12.7. The molecule has 1 unspecified atom stereocenters. The molecule has 0 radical (unpaired) electrons. The quantitative estimate of drug-likeness (QED) is 0.309. The van der Waals surface area contributed by atoms with Crippen molar-refractivity contribution in [2.75, 3.05) is 64.4 Å². The van der Waals surface area contributed by atoms with Gasteiger partial charge in [0.1, 0.15) is 0 Å². The normalized spacial score (nSPS) is 17.4. The Hall–Kier alpha value is -1.53. The topological polar surface area (TPSA) is 107 Å². The molecule has 0 aromatic heterocycles. The van der Waals surface area contributed by atoms with Crippen LogP contribution in [0.2, 0.25) is 0 Å². The van der Waals surface area contributed by atoms with Gasteiger partial charge in [-0.3, -0.25) is 4.79 Å². The van der Waals surface area contributed by atoms with E-state index in [9.17, 15) is 21.6 Å². The fourth-order valence-electron chi connectivity index (χ4n) is 4.51. The molecule has 1 N–H and O–H groups in total. The van der Waals surface area contributed by atoms with Gasteiger partial charge in [0.15, 0.2) is 9.84 Å². The minimum atomic E-state index is -3.43. The number of rotatable bonds is 16. The summed E-state index contributed by atoms with van der Waals surface area (Å²) in [5.74, 6) is -0.0763. The smallest absolute Gasteiger partial charge is 0.237 e. The molecule has 1 aliphatic rings. The van der Waals surface area contributed by atoms with Gasteiger partial charge in [-0.15, -0.1) is 0 Å². The van der Waals surface area contributed by atoms with E-state index in [4.69, 9.17) is 0 Å². The van der Waals surface area contributed by atoms with Crippen LogP contribution in [0.25, 0.3) is 0 Å². The number of sulfonamides is 1. The molecule has 1 saturated heterocycles. The zero-order valence-electron chi connectivity index (χ0n) is 23.2. The first kappa shape index (κ1) is 31.7. The SMILES string of the molecule is CCN(CC)CCS(=O)(=O)N1CCN(CCCCNC(C)(CC)Cc2ccc(S(C)(=O)=O)cc2)C(=O)C1. The lowest BCUT2D eigenvalue weighted by Gasteiger charge is -2.34. The minimum absolute atomic E-state index is 0.0473. The molecule has 2 rings (SSSR count). The molecule has 1 fully saturated rings. The van der Waals surface area contributed by atoms with Gasteiger partial charge in [0, 0.05) is 38.0 Å². The lowest BCUT2D eigenvalue weighted by molar-refractivity contribution is -0.134. The van der Waals surface area contributed by atoms with Gasteiger partial charge in [-0.1, -0.05) is 32.9 Å². The Kier molecular flexibility index (Phi) is 12.0. The van der Waals surface area contributed by atoms with Gasteiger partial charge in [-0.25, -0.2) is 16.8 Å². The number of amides is 1. The second kappa shape index (κ2) is 14.0. The number of piperazine rings is 1. The van der Waals surface area contributed by atoms with E-state index in [1.165, 1.54) is 10.6 Å². The predicted octanol–water partition coefficient (Wildman–Crippen LogP) is 1.99. The van der Waals surface area contributed by atoms with Gasteiger partial charge in [0.25, 0.3) is 0 Å². The molecule has 1 atom stereocenters. The van der Waals surface area contributed by atoms with Crippen LogP contribution in [0.15, 0.2) is 29.2 Å². The number of nitrogens with zero attached hydrogens (tertiary/aromatic N) is 3. The molecule has 1 heterocycles. The Morgan fingerprint density at radius 1 is 1.00 bits per heavy atom. The summed E-state index contributed by atoms with van der Waals surface area (Å²) in [5.41, 5.74) is 0.966. The van der Waals surface area contributed by atoms with Crippen LogP contribution in [0.1, 0.15) is 52.5 Å². The van der Waals surface area contributed by atoms with Crippen LogP contribution in [0, 0.1) is 0 Å². The first-order chi connectivity index (χ1) is 17.3. The summed E-state index contributed by atoms with van der Waals surface area (Å²) < 4.78 is 50.1. The monoisotopic (exact) mass is 558 g/mol. The molecule has 1 aliphatic heterocycles. The number of nitrogens with one attached hydrogen (secondary N) is 1. The molecular formula is C26H46N4O5S2. The molecule has 1 amide bonds. The molecule has 0 spiro atoms. The summed E-state index contributed by atoms with van der Waals surface area (Å²) in [6.07, 6.45) is 4.67. The zero-order chi connectivity index (χ0) is 27.7. The Morgan fingerprint density at radius 3 is 2.19 bits per heavy atom. The van der Waals surface area contributed by atoms with Crippen molar-refractivity contribution in [3.63, 3.8) is 0 Å². The molecule has 11 heteroatoms. The highest BCUT2D eigenvalue weighted by atomic mass is 32.2. The third-order valence-corrected chi connectivity index (χ3v) is 10.3. The molecular weight excluding hydrogens is 512 g/mol. The predicted molar refractivity (Wildman–Crippen MR) is 149 cm³/mol. The van der Waals surface area contributed by atoms with Crippen molar-refractivity contribution in [2.24, 2.45) is 0 Å². The third kappa shape index (κ3) is 9.94. The zero-order valence-corrected chi connectivity index (χ0v) is 24.8. The van der Waals surface area contributed by atoms with E-state index >= 15 is 0 Å². The highest BCUT2D eigenvalue weighted by molar-refractivity contribution is 7.90. The second-order valence-electron chi connectivity index (χ2n) is 10.2. The summed E-state index contributed by atoms with van der Waals surface area (Å²) in [6, 6.07) is 7.07.